The number of carbonyl (C=O) groups is 1. The molecule has 0 aliphatic carbocycles. The Morgan fingerprint density at radius 3 is 2.53 bits per heavy atom. The number of halogens is 2. The highest BCUT2D eigenvalue weighted by Crippen LogP contribution is 2.21. The summed E-state index contributed by atoms with van der Waals surface area (Å²) in [6.07, 6.45) is 0. The Labute approximate surface area is 116 Å². The maximum atomic E-state index is 12.3. The van der Waals surface area contributed by atoms with Crippen molar-refractivity contribution in [2.24, 2.45) is 0 Å². The number of rotatable bonds is 3. The highest BCUT2D eigenvalue weighted by Gasteiger charge is 2.27. The number of nitrogens with zero attached hydrogens (tertiary/aromatic N) is 1. The second-order valence-corrected chi connectivity index (χ2v) is 5.90. The van der Waals surface area contributed by atoms with Gasteiger partial charge in [0.05, 0.1) is 5.54 Å². The average Bonchev–Trinajstić information content (AvgIpc) is 2.30. The number of hydrogen-bond donors (Lipinski definition) is 0. The minimum absolute atomic E-state index is 0.00810. The Bertz CT molecular complexity index is 431. The lowest BCUT2D eigenvalue weighted by Crippen LogP contribution is -2.46. The highest BCUT2D eigenvalue weighted by atomic mass is 79.9. The molecule has 2 nitrogen and oxygen atoms in total. The lowest BCUT2D eigenvalue weighted by atomic mass is 10.0. The number of carbonyl (C=O) groups excluding carboxylic acids is 1. The van der Waals surface area contributed by atoms with Crippen LogP contribution in [0.1, 0.15) is 29.8 Å². The summed E-state index contributed by atoms with van der Waals surface area (Å²) in [5, 5.41) is 0. The number of alkyl halides is 1. The first-order chi connectivity index (χ1) is 7.79. The normalized spacial score (nSPS) is 11.4. The monoisotopic (exact) mass is 317 g/mol. The fourth-order valence-corrected chi connectivity index (χ4v) is 1.76. The molecule has 17 heavy (non-hydrogen) atoms. The van der Waals surface area contributed by atoms with Gasteiger partial charge in [-0.05, 0) is 44.5 Å². The van der Waals surface area contributed by atoms with Crippen molar-refractivity contribution in [2.75, 3.05) is 12.9 Å². The SMILES string of the molecule is Cc1cc(C(=O)N(C)C(C)(C)CCl)ccc1Br. The number of aryl methyl sites for hydroxylation is 1. The summed E-state index contributed by atoms with van der Waals surface area (Å²) in [6, 6.07) is 5.59. The summed E-state index contributed by atoms with van der Waals surface area (Å²) < 4.78 is 1.01. The van der Waals surface area contributed by atoms with Crippen LogP contribution in [-0.4, -0.2) is 29.3 Å². The number of amides is 1. The van der Waals surface area contributed by atoms with Crippen LogP contribution in [0.3, 0.4) is 0 Å². The van der Waals surface area contributed by atoms with Crippen molar-refractivity contribution in [3.63, 3.8) is 0 Å². The van der Waals surface area contributed by atoms with Crippen LogP contribution in [0.4, 0.5) is 0 Å². The topological polar surface area (TPSA) is 20.3 Å². The number of benzene rings is 1. The van der Waals surface area contributed by atoms with E-state index in [9.17, 15) is 4.79 Å². The van der Waals surface area contributed by atoms with E-state index < -0.39 is 0 Å². The molecule has 1 aromatic carbocycles. The Hall–Kier alpha value is -0.540. The van der Waals surface area contributed by atoms with Crippen LogP contribution in [-0.2, 0) is 0 Å². The Morgan fingerprint density at radius 1 is 1.47 bits per heavy atom. The van der Waals surface area contributed by atoms with Gasteiger partial charge in [0.25, 0.3) is 5.91 Å². The molecule has 1 aromatic rings. The Kier molecular flexibility index (Phi) is 4.62. The third-order valence-corrected chi connectivity index (χ3v) is 4.49. The lowest BCUT2D eigenvalue weighted by Gasteiger charge is -2.34. The fraction of sp³-hybridized carbons (Fsp3) is 0.462. The van der Waals surface area contributed by atoms with Gasteiger partial charge in [-0.1, -0.05) is 15.9 Å². The van der Waals surface area contributed by atoms with Crippen LogP contribution >= 0.6 is 27.5 Å². The van der Waals surface area contributed by atoms with E-state index >= 15 is 0 Å². The fourth-order valence-electron chi connectivity index (χ4n) is 1.34. The van der Waals surface area contributed by atoms with Gasteiger partial charge >= 0.3 is 0 Å². The highest BCUT2D eigenvalue weighted by molar-refractivity contribution is 9.10. The summed E-state index contributed by atoms with van der Waals surface area (Å²) >= 11 is 9.30. The summed E-state index contributed by atoms with van der Waals surface area (Å²) in [4.78, 5) is 13.9. The van der Waals surface area contributed by atoms with E-state index in [4.69, 9.17) is 11.6 Å². The molecule has 0 N–H and O–H groups in total. The molecule has 1 amide bonds. The minimum atomic E-state index is -0.348. The molecule has 0 unspecified atom stereocenters. The zero-order valence-corrected chi connectivity index (χ0v) is 12.9. The van der Waals surface area contributed by atoms with Gasteiger partial charge in [0.1, 0.15) is 0 Å². The largest absolute Gasteiger partial charge is 0.335 e. The van der Waals surface area contributed by atoms with Crippen molar-refractivity contribution in [1.82, 2.24) is 4.90 Å². The molecular formula is C13H17BrClNO. The number of hydrogen-bond acceptors (Lipinski definition) is 1. The maximum Gasteiger partial charge on any atom is 0.254 e. The van der Waals surface area contributed by atoms with Crippen molar-refractivity contribution >= 4 is 33.4 Å². The average molecular weight is 319 g/mol. The van der Waals surface area contributed by atoms with Crippen LogP contribution < -0.4 is 0 Å². The standard InChI is InChI=1S/C13H17BrClNO/c1-9-7-10(5-6-11(9)14)12(17)16(4)13(2,3)8-15/h5-7H,8H2,1-4H3. The summed E-state index contributed by atoms with van der Waals surface area (Å²) in [6.45, 7) is 5.86. The van der Waals surface area contributed by atoms with Gasteiger partial charge in [-0.2, -0.15) is 0 Å². The van der Waals surface area contributed by atoms with E-state index in [0.717, 1.165) is 10.0 Å². The van der Waals surface area contributed by atoms with Crippen molar-refractivity contribution in [3.8, 4) is 0 Å². The van der Waals surface area contributed by atoms with E-state index in [1.165, 1.54) is 0 Å². The molecule has 0 aliphatic rings. The van der Waals surface area contributed by atoms with Crippen molar-refractivity contribution < 1.29 is 4.79 Å². The first kappa shape index (κ1) is 14.5. The van der Waals surface area contributed by atoms with E-state index in [1.807, 2.05) is 39.0 Å². The van der Waals surface area contributed by atoms with Crippen molar-refractivity contribution in [3.05, 3.63) is 33.8 Å². The Morgan fingerprint density at radius 2 is 2.06 bits per heavy atom. The molecule has 94 valence electrons. The van der Waals surface area contributed by atoms with E-state index in [0.29, 0.717) is 11.4 Å². The van der Waals surface area contributed by atoms with E-state index in [-0.39, 0.29) is 11.4 Å². The van der Waals surface area contributed by atoms with Crippen LogP contribution in [0.25, 0.3) is 0 Å². The smallest absolute Gasteiger partial charge is 0.254 e. The molecular weight excluding hydrogens is 302 g/mol. The van der Waals surface area contributed by atoms with Gasteiger partial charge in [-0.25, -0.2) is 0 Å². The van der Waals surface area contributed by atoms with Gasteiger partial charge < -0.3 is 4.90 Å². The van der Waals surface area contributed by atoms with E-state index in [2.05, 4.69) is 15.9 Å². The van der Waals surface area contributed by atoms with Gasteiger partial charge in [0.15, 0.2) is 0 Å². The molecule has 0 spiro atoms. The molecule has 0 bridgehead atoms. The third kappa shape index (κ3) is 3.23. The second-order valence-electron chi connectivity index (χ2n) is 4.77. The van der Waals surface area contributed by atoms with Gasteiger partial charge in [0, 0.05) is 23.0 Å². The van der Waals surface area contributed by atoms with Crippen molar-refractivity contribution in [1.29, 1.82) is 0 Å². The van der Waals surface area contributed by atoms with Crippen LogP contribution in [0.15, 0.2) is 22.7 Å². The molecule has 0 aromatic heterocycles. The quantitative estimate of drug-likeness (QED) is 0.775. The molecule has 4 heteroatoms. The first-order valence-electron chi connectivity index (χ1n) is 5.40. The second kappa shape index (κ2) is 5.40. The molecule has 0 fully saturated rings. The van der Waals surface area contributed by atoms with Crippen LogP contribution in [0, 0.1) is 6.92 Å². The minimum Gasteiger partial charge on any atom is -0.335 e. The van der Waals surface area contributed by atoms with E-state index in [1.54, 1.807) is 11.9 Å². The van der Waals surface area contributed by atoms with Gasteiger partial charge in [-0.3, -0.25) is 4.79 Å². The zero-order valence-electron chi connectivity index (χ0n) is 10.6. The molecule has 0 aliphatic heterocycles. The third-order valence-electron chi connectivity index (χ3n) is 2.94. The van der Waals surface area contributed by atoms with Crippen molar-refractivity contribution in [2.45, 2.75) is 26.3 Å². The molecule has 0 radical (unpaired) electrons. The lowest BCUT2D eigenvalue weighted by molar-refractivity contribution is 0.0660. The maximum absolute atomic E-state index is 12.3. The van der Waals surface area contributed by atoms with Gasteiger partial charge in [-0.15, -0.1) is 11.6 Å². The van der Waals surface area contributed by atoms with Gasteiger partial charge in [0.2, 0.25) is 0 Å². The molecule has 0 saturated heterocycles. The Balaban J connectivity index is 3.01. The predicted octanol–water partition coefficient (Wildman–Crippen LogP) is 3.85. The van der Waals surface area contributed by atoms with Crippen LogP contribution in [0.5, 0.6) is 0 Å². The molecule has 0 atom stereocenters. The summed E-state index contributed by atoms with van der Waals surface area (Å²) in [5.74, 6) is 0.399. The van der Waals surface area contributed by atoms with Crippen LogP contribution in [0.2, 0.25) is 0 Å². The predicted molar refractivity (Wildman–Crippen MR) is 75.8 cm³/mol. The zero-order chi connectivity index (χ0) is 13.2. The first-order valence-corrected chi connectivity index (χ1v) is 6.72. The summed E-state index contributed by atoms with van der Waals surface area (Å²) in [7, 11) is 1.78. The molecule has 1 rings (SSSR count). The molecule has 0 heterocycles. The summed E-state index contributed by atoms with van der Waals surface area (Å²) in [5.41, 5.74) is 1.39. The molecule has 0 saturated carbocycles.